The second kappa shape index (κ2) is 18.8. The Morgan fingerprint density at radius 3 is 2.17 bits per heavy atom. The van der Waals surface area contributed by atoms with E-state index in [1.807, 2.05) is 26.8 Å². The molecule has 1 aliphatic carbocycles. The standard InChI is InChI=1S/C43H68N6O4Si/c1-29(2)54(30(3)4,31(5)6)52-28-32-22-24-48(25-23-32)42(46)49-27-34(19-21-40(49)45)53-37-20-18-33(35-15-11-12-16-36(35)37)14-10-13-17-41(51)47-39(44)26-38(50)43(7,8)9/h11-12,15-16,19,21,27,29-33,37,45-46H,10,13-14,17-18,20,22-26,28H2,1-9H3,(H2,44,47,51). The van der Waals surface area contributed by atoms with Gasteiger partial charge in [0, 0.05) is 31.5 Å². The van der Waals surface area contributed by atoms with Crippen LogP contribution in [-0.2, 0) is 14.0 Å². The molecule has 1 saturated heterocycles. The molecule has 2 aliphatic rings. The van der Waals surface area contributed by atoms with Crippen LogP contribution in [0.1, 0.15) is 143 Å². The number of nitrogens with one attached hydrogen (secondary N) is 2. The summed E-state index contributed by atoms with van der Waals surface area (Å²) in [5.74, 6) is 1.61. The molecule has 298 valence electrons. The van der Waals surface area contributed by atoms with Gasteiger partial charge in [0.25, 0.3) is 0 Å². The molecular formula is C43H68N6O4Si. The van der Waals surface area contributed by atoms with Crippen molar-refractivity contribution in [3.8, 4) is 5.75 Å². The van der Waals surface area contributed by atoms with E-state index in [4.69, 9.17) is 25.7 Å². The van der Waals surface area contributed by atoms with E-state index < -0.39 is 13.7 Å². The average molecular weight is 761 g/mol. The maximum atomic E-state index is 12.4. The second-order valence-corrected chi connectivity index (χ2v) is 23.1. The third-order valence-electron chi connectivity index (χ3n) is 11.8. The number of hydrogen-bond acceptors (Lipinski definition) is 6. The van der Waals surface area contributed by atoms with Gasteiger partial charge in [-0.05, 0) is 90.2 Å². The number of amides is 1. The monoisotopic (exact) mass is 761 g/mol. The Bertz CT molecular complexity index is 1660. The van der Waals surface area contributed by atoms with E-state index in [2.05, 4.69) is 75.7 Å². The lowest BCUT2D eigenvalue weighted by molar-refractivity contribution is -0.125. The topological polar surface area (TPSA) is 147 Å². The van der Waals surface area contributed by atoms with Crippen LogP contribution in [0.25, 0.3) is 0 Å². The van der Waals surface area contributed by atoms with Gasteiger partial charge in [-0.1, -0.05) is 93.0 Å². The first-order valence-corrected chi connectivity index (χ1v) is 22.5. The van der Waals surface area contributed by atoms with Crippen molar-refractivity contribution in [2.45, 2.75) is 149 Å². The maximum absolute atomic E-state index is 12.4. The molecule has 11 heteroatoms. The first-order chi connectivity index (χ1) is 25.4. The number of Topliss-reactive ketones (excluding diaryl/α,β-unsaturated/α-hetero) is 1. The molecule has 1 fully saturated rings. The molecule has 54 heavy (non-hydrogen) atoms. The van der Waals surface area contributed by atoms with Gasteiger partial charge >= 0.3 is 0 Å². The van der Waals surface area contributed by atoms with E-state index in [1.165, 1.54) is 11.1 Å². The van der Waals surface area contributed by atoms with E-state index in [9.17, 15) is 9.59 Å². The lowest BCUT2D eigenvalue weighted by atomic mass is 9.78. The van der Waals surface area contributed by atoms with Crippen LogP contribution >= 0.6 is 0 Å². The summed E-state index contributed by atoms with van der Waals surface area (Å²) >= 11 is 0. The zero-order valence-electron chi connectivity index (χ0n) is 34.5. The first kappa shape index (κ1) is 43.2. The van der Waals surface area contributed by atoms with Gasteiger partial charge < -0.3 is 19.8 Å². The predicted octanol–water partition coefficient (Wildman–Crippen LogP) is 9.10. The summed E-state index contributed by atoms with van der Waals surface area (Å²) in [6.07, 6.45) is 8.33. The number of likely N-dealkylation sites (tertiary alicyclic amines) is 1. The highest BCUT2D eigenvalue weighted by atomic mass is 28.4. The Morgan fingerprint density at radius 1 is 0.926 bits per heavy atom. The maximum Gasteiger partial charge on any atom is 0.247 e. The summed E-state index contributed by atoms with van der Waals surface area (Å²) in [7, 11) is -1.91. The van der Waals surface area contributed by atoms with E-state index in [-0.39, 0.29) is 35.5 Å². The van der Waals surface area contributed by atoms with Gasteiger partial charge in [-0.25, -0.2) is 4.99 Å². The average Bonchev–Trinajstić information content (AvgIpc) is 3.11. The first-order valence-electron chi connectivity index (χ1n) is 20.3. The van der Waals surface area contributed by atoms with Crippen molar-refractivity contribution in [1.29, 1.82) is 10.8 Å². The molecule has 4 rings (SSSR count). The molecule has 2 atom stereocenters. The van der Waals surface area contributed by atoms with E-state index >= 15 is 0 Å². The number of pyridine rings is 1. The minimum atomic E-state index is -1.91. The summed E-state index contributed by atoms with van der Waals surface area (Å²) in [4.78, 5) is 30.7. The van der Waals surface area contributed by atoms with Crippen molar-refractivity contribution < 1.29 is 18.8 Å². The fraction of sp³-hybridized carbons (Fsp3) is 0.651. The number of nitrogens with two attached hydrogens (primary N) is 1. The van der Waals surface area contributed by atoms with Crippen LogP contribution in [0.3, 0.4) is 0 Å². The minimum Gasteiger partial charge on any atom is -0.484 e. The number of amidine groups is 1. The lowest BCUT2D eigenvalue weighted by Gasteiger charge is -2.44. The zero-order chi connectivity index (χ0) is 39.8. The highest BCUT2D eigenvalue weighted by Gasteiger charge is 2.45. The van der Waals surface area contributed by atoms with Gasteiger partial charge in [-0.3, -0.25) is 25.0 Å². The third kappa shape index (κ3) is 10.8. The van der Waals surface area contributed by atoms with Crippen molar-refractivity contribution in [2.75, 3.05) is 19.7 Å². The van der Waals surface area contributed by atoms with Gasteiger partial charge in [0.2, 0.25) is 11.9 Å². The molecule has 0 bridgehead atoms. The molecule has 0 radical (unpaired) electrons. The number of piperidine rings is 1. The lowest BCUT2D eigenvalue weighted by Crippen LogP contribution is -2.50. The predicted molar refractivity (Wildman–Crippen MR) is 221 cm³/mol. The molecule has 2 aromatic rings. The number of aromatic nitrogens is 1. The van der Waals surface area contributed by atoms with Crippen molar-refractivity contribution in [3.63, 3.8) is 0 Å². The Kier molecular flexibility index (Phi) is 15.1. The number of unbranched alkanes of at least 4 members (excludes halogenated alkanes) is 1. The number of aliphatic imine (C=N–C) groups is 1. The normalized spacial score (nSPS) is 18.7. The van der Waals surface area contributed by atoms with Crippen molar-refractivity contribution in [2.24, 2.45) is 22.1 Å². The number of hydrogen-bond donors (Lipinski definition) is 3. The van der Waals surface area contributed by atoms with E-state index in [1.54, 1.807) is 16.8 Å². The van der Waals surface area contributed by atoms with Crippen LogP contribution in [0.5, 0.6) is 5.75 Å². The zero-order valence-corrected chi connectivity index (χ0v) is 35.5. The number of carbonyl (C=O) groups excluding carboxylic acids is 2. The highest BCUT2D eigenvalue weighted by Crippen LogP contribution is 2.44. The minimum absolute atomic E-state index is 0.000121. The molecule has 4 N–H and O–H groups in total. The van der Waals surface area contributed by atoms with Crippen molar-refractivity contribution >= 4 is 31.8 Å². The molecule has 0 saturated carbocycles. The van der Waals surface area contributed by atoms with Crippen LogP contribution in [0.4, 0.5) is 0 Å². The van der Waals surface area contributed by atoms with Gasteiger partial charge in [-0.15, -0.1) is 0 Å². The summed E-state index contributed by atoms with van der Waals surface area (Å²) in [6.45, 7) is 21.8. The van der Waals surface area contributed by atoms with E-state index in [0.29, 0.717) is 46.6 Å². The highest BCUT2D eigenvalue weighted by molar-refractivity contribution is 6.77. The molecular weight excluding hydrogens is 693 g/mol. The van der Waals surface area contributed by atoms with E-state index in [0.717, 1.165) is 64.6 Å². The summed E-state index contributed by atoms with van der Waals surface area (Å²) in [5.41, 5.74) is 9.79. The molecule has 1 aliphatic heterocycles. The second-order valence-electron chi connectivity index (χ2n) is 17.6. The number of benzene rings is 1. The number of nitrogens with zero attached hydrogens (tertiary/aromatic N) is 3. The Labute approximate surface area is 325 Å². The Balaban J connectivity index is 1.31. The molecule has 2 heterocycles. The van der Waals surface area contributed by atoms with Gasteiger partial charge in [0.05, 0.1) is 12.6 Å². The fourth-order valence-electron chi connectivity index (χ4n) is 8.73. The number of ketones is 1. The SMILES string of the molecule is CC(C)[Si](OCC1CCN(C(=N)n2cc(OC3CCC(CCCCC(=O)N=C(N)CC(=O)C(C)(C)C)c4ccccc43)ccc2=N)CC1)(C(C)C)C(C)C. The summed E-state index contributed by atoms with van der Waals surface area (Å²) in [5, 5.41) is 17.7. The van der Waals surface area contributed by atoms with Crippen molar-refractivity contribution in [1.82, 2.24) is 9.47 Å². The van der Waals surface area contributed by atoms with Crippen LogP contribution < -0.4 is 16.0 Å². The third-order valence-corrected chi connectivity index (χ3v) is 17.9. The van der Waals surface area contributed by atoms with Crippen molar-refractivity contribution in [3.05, 3.63) is 59.2 Å². The van der Waals surface area contributed by atoms with Crippen LogP contribution in [0, 0.1) is 22.2 Å². The molecule has 1 amide bonds. The Morgan fingerprint density at radius 2 is 1.56 bits per heavy atom. The number of fused-ring (bicyclic) bond motifs is 1. The van der Waals surface area contributed by atoms with Crippen LogP contribution in [-0.4, -0.2) is 61.0 Å². The quantitative estimate of drug-likeness (QED) is 0.0714. The largest absolute Gasteiger partial charge is 0.484 e. The fourth-order valence-corrected chi connectivity index (χ4v) is 14.3. The molecule has 0 spiro atoms. The van der Waals surface area contributed by atoms with Crippen LogP contribution in [0.2, 0.25) is 16.6 Å². The molecule has 2 unspecified atom stereocenters. The van der Waals surface area contributed by atoms with Gasteiger partial charge in [-0.2, -0.15) is 0 Å². The molecule has 1 aromatic heterocycles. The smallest absolute Gasteiger partial charge is 0.247 e. The van der Waals surface area contributed by atoms with Crippen LogP contribution in [0.15, 0.2) is 47.6 Å². The summed E-state index contributed by atoms with van der Waals surface area (Å²) < 4.78 is 15.2. The molecule has 1 aromatic carbocycles. The summed E-state index contributed by atoms with van der Waals surface area (Å²) in [6, 6.07) is 12.0. The number of ether oxygens (including phenoxy) is 1. The van der Waals surface area contributed by atoms with Gasteiger partial charge in [0.15, 0.2) is 8.32 Å². The van der Waals surface area contributed by atoms with Gasteiger partial charge in [0.1, 0.15) is 29.0 Å². The number of carbonyl (C=O) groups is 2. The molecule has 10 nitrogen and oxygen atoms in total. The Hall–Kier alpha value is -3.57. The number of rotatable bonds is 15.